The van der Waals surface area contributed by atoms with Crippen molar-refractivity contribution in [2.24, 2.45) is 0 Å². The highest BCUT2D eigenvalue weighted by molar-refractivity contribution is 8.09. The third-order valence-electron chi connectivity index (χ3n) is 1.90. The molecule has 0 fully saturated rings. The molecule has 1 aromatic heterocycles. The van der Waals surface area contributed by atoms with E-state index in [0.717, 1.165) is 12.5 Å². The van der Waals surface area contributed by atoms with Gasteiger partial charge in [0.1, 0.15) is 6.07 Å². The normalized spacial score (nSPS) is 11.9. The fraction of sp³-hybridized carbons (Fsp3) is 0.333. The van der Waals surface area contributed by atoms with Gasteiger partial charge in [-0.05, 0) is 18.6 Å². The zero-order chi connectivity index (χ0) is 14.1. The Morgan fingerprint density at radius 1 is 1.22 bits per heavy atom. The fourth-order valence-corrected chi connectivity index (χ4v) is 4.24. The molecule has 1 rings (SSSR count). The monoisotopic (exact) mass is 289 g/mol. The van der Waals surface area contributed by atoms with Gasteiger partial charge in [0.15, 0.2) is 5.82 Å². The van der Waals surface area contributed by atoms with E-state index in [-0.39, 0.29) is 9.27 Å². The summed E-state index contributed by atoms with van der Waals surface area (Å²) in [6.45, 7) is 1.66. The first-order valence-electron chi connectivity index (χ1n) is 4.64. The van der Waals surface area contributed by atoms with Crippen LogP contribution in [0.5, 0.6) is 0 Å². The van der Waals surface area contributed by atoms with Crippen LogP contribution in [0.1, 0.15) is 11.1 Å². The highest BCUT2D eigenvalue weighted by Crippen LogP contribution is 2.23. The predicted molar refractivity (Wildman–Crippen MR) is 65.9 cm³/mol. The summed E-state index contributed by atoms with van der Waals surface area (Å²) in [6.07, 6.45) is 2.76. The van der Waals surface area contributed by atoms with Gasteiger partial charge in [-0.15, -0.1) is 3.71 Å². The molecule has 0 spiro atoms. The molecule has 18 heavy (non-hydrogen) atoms. The van der Waals surface area contributed by atoms with E-state index in [1.54, 1.807) is 13.0 Å². The first kappa shape index (κ1) is 14.4. The zero-order valence-electron chi connectivity index (χ0n) is 9.95. The number of hydrogen-bond acceptors (Lipinski definition) is 6. The van der Waals surface area contributed by atoms with Gasteiger partial charge in [-0.3, -0.25) is 0 Å². The van der Waals surface area contributed by atoms with Crippen molar-refractivity contribution in [2.45, 2.75) is 6.92 Å². The molecule has 0 saturated carbocycles. The molecule has 0 aliphatic heterocycles. The summed E-state index contributed by atoms with van der Waals surface area (Å²) >= 11 is 0. The van der Waals surface area contributed by atoms with Crippen LogP contribution in [0.25, 0.3) is 0 Å². The number of nitriles is 1. The average Bonchev–Trinajstić information content (AvgIpc) is 2.16. The quantitative estimate of drug-likeness (QED) is 0.774. The number of aromatic nitrogens is 1. The SMILES string of the molecule is Cc1cnc(N(S(C)(=O)=O)S(C)(=O)=O)c(C#N)c1. The van der Waals surface area contributed by atoms with Crippen LogP contribution in [0.15, 0.2) is 12.3 Å². The summed E-state index contributed by atoms with van der Waals surface area (Å²) in [6, 6.07) is 3.09. The van der Waals surface area contributed by atoms with Crippen molar-refractivity contribution in [3.8, 4) is 6.07 Å². The van der Waals surface area contributed by atoms with E-state index >= 15 is 0 Å². The topological polar surface area (TPSA) is 108 Å². The maximum absolute atomic E-state index is 11.5. The average molecular weight is 289 g/mol. The largest absolute Gasteiger partial charge is 0.246 e. The Morgan fingerprint density at radius 3 is 2.11 bits per heavy atom. The van der Waals surface area contributed by atoms with Gasteiger partial charge in [0.25, 0.3) is 0 Å². The lowest BCUT2D eigenvalue weighted by Crippen LogP contribution is -2.36. The Labute approximate surface area is 106 Å². The fourth-order valence-electron chi connectivity index (χ4n) is 1.35. The summed E-state index contributed by atoms with van der Waals surface area (Å²) in [5, 5.41) is 8.92. The van der Waals surface area contributed by atoms with E-state index in [1.165, 1.54) is 12.3 Å². The summed E-state index contributed by atoms with van der Waals surface area (Å²) < 4.78 is 46.3. The molecule has 1 aromatic rings. The van der Waals surface area contributed by atoms with Crippen molar-refractivity contribution in [3.05, 3.63) is 23.4 Å². The van der Waals surface area contributed by atoms with Gasteiger partial charge < -0.3 is 0 Å². The van der Waals surface area contributed by atoms with Gasteiger partial charge in [-0.1, -0.05) is 0 Å². The van der Waals surface area contributed by atoms with Gasteiger partial charge in [-0.2, -0.15) is 5.26 Å². The minimum atomic E-state index is -4.09. The molecule has 0 N–H and O–H groups in total. The smallest absolute Gasteiger partial charge is 0.236 e. The van der Waals surface area contributed by atoms with Gasteiger partial charge >= 0.3 is 0 Å². The molecule has 0 amide bonds. The van der Waals surface area contributed by atoms with E-state index in [9.17, 15) is 16.8 Å². The molecule has 7 nitrogen and oxygen atoms in total. The van der Waals surface area contributed by atoms with Crippen molar-refractivity contribution < 1.29 is 16.8 Å². The standard InChI is InChI=1S/C9H11N3O4S2/c1-7-4-8(5-10)9(11-6-7)12(17(2,13)14)18(3,15)16/h4,6H,1-3H3. The van der Waals surface area contributed by atoms with Crippen LogP contribution in [-0.4, -0.2) is 34.3 Å². The number of nitrogens with zero attached hydrogens (tertiary/aromatic N) is 3. The maximum atomic E-state index is 11.5. The molecule has 0 saturated heterocycles. The number of rotatable bonds is 3. The molecule has 0 aromatic carbocycles. The number of pyridine rings is 1. The van der Waals surface area contributed by atoms with Crippen LogP contribution in [0.2, 0.25) is 0 Å². The molecule has 98 valence electrons. The van der Waals surface area contributed by atoms with Crippen LogP contribution >= 0.6 is 0 Å². The van der Waals surface area contributed by atoms with Crippen LogP contribution < -0.4 is 3.71 Å². The van der Waals surface area contributed by atoms with Gasteiger partial charge in [0.2, 0.25) is 20.0 Å². The Kier molecular flexibility index (Phi) is 3.64. The van der Waals surface area contributed by atoms with Crippen molar-refractivity contribution in [3.63, 3.8) is 0 Å². The molecule has 0 aliphatic carbocycles. The Balaban J connectivity index is 3.67. The molecular formula is C9H11N3O4S2. The minimum Gasteiger partial charge on any atom is -0.236 e. The first-order valence-corrected chi connectivity index (χ1v) is 8.34. The van der Waals surface area contributed by atoms with Gasteiger partial charge in [-0.25, -0.2) is 21.8 Å². The molecule has 9 heteroatoms. The highest BCUT2D eigenvalue weighted by Gasteiger charge is 2.30. The van der Waals surface area contributed by atoms with E-state index in [0.29, 0.717) is 5.56 Å². The minimum absolute atomic E-state index is 0.120. The molecule has 0 unspecified atom stereocenters. The third kappa shape index (κ3) is 2.96. The van der Waals surface area contributed by atoms with Gasteiger partial charge in [0.05, 0.1) is 18.1 Å². The third-order valence-corrected chi connectivity index (χ3v) is 5.07. The van der Waals surface area contributed by atoms with E-state index in [1.807, 2.05) is 0 Å². The Morgan fingerprint density at radius 2 is 1.72 bits per heavy atom. The van der Waals surface area contributed by atoms with Crippen molar-refractivity contribution in [1.82, 2.24) is 4.98 Å². The molecule has 1 heterocycles. The second kappa shape index (κ2) is 4.55. The lowest BCUT2D eigenvalue weighted by Gasteiger charge is -2.19. The van der Waals surface area contributed by atoms with Crippen molar-refractivity contribution in [1.29, 1.82) is 5.26 Å². The summed E-state index contributed by atoms with van der Waals surface area (Å²) in [4.78, 5) is 3.73. The highest BCUT2D eigenvalue weighted by atomic mass is 32.3. The molecule has 0 atom stereocenters. The maximum Gasteiger partial charge on any atom is 0.246 e. The number of anilines is 1. The lowest BCUT2D eigenvalue weighted by molar-refractivity contribution is 0.590. The second-order valence-corrected chi connectivity index (χ2v) is 7.61. The van der Waals surface area contributed by atoms with Crippen LogP contribution in [-0.2, 0) is 20.0 Å². The first-order chi connectivity index (χ1) is 8.07. The van der Waals surface area contributed by atoms with Gasteiger partial charge in [0, 0.05) is 6.20 Å². The zero-order valence-corrected chi connectivity index (χ0v) is 11.6. The summed E-state index contributed by atoms with van der Waals surface area (Å²) in [7, 11) is -8.18. The van der Waals surface area contributed by atoms with E-state index < -0.39 is 25.9 Å². The molecular weight excluding hydrogens is 278 g/mol. The lowest BCUT2D eigenvalue weighted by atomic mass is 10.2. The number of sulfonamides is 2. The molecule has 0 aliphatic rings. The number of aryl methyl sites for hydroxylation is 1. The van der Waals surface area contributed by atoms with Crippen molar-refractivity contribution >= 4 is 25.9 Å². The predicted octanol–water partition coefficient (Wildman–Crippen LogP) is -0.0127. The van der Waals surface area contributed by atoms with Crippen LogP contribution in [0.4, 0.5) is 5.82 Å². The molecule has 0 bridgehead atoms. The Bertz CT molecular complexity index is 685. The van der Waals surface area contributed by atoms with Crippen LogP contribution in [0.3, 0.4) is 0 Å². The Hall–Kier alpha value is -1.66. The summed E-state index contributed by atoms with van der Waals surface area (Å²) in [5.41, 5.74) is 0.503. The van der Waals surface area contributed by atoms with E-state index in [4.69, 9.17) is 5.26 Å². The number of hydrogen-bond donors (Lipinski definition) is 0. The molecule has 0 radical (unpaired) electrons. The second-order valence-electron chi connectivity index (χ2n) is 3.72. The van der Waals surface area contributed by atoms with E-state index in [2.05, 4.69) is 4.98 Å². The van der Waals surface area contributed by atoms with Crippen molar-refractivity contribution in [2.75, 3.05) is 16.2 Å². The van der Waals surface area contributed by atoms with Crippen LogP contribution in [0, 0.1) is 18.3 Å². The summed E-state index contributed by atoms with van der Waals surface area (Å²) in [5.74, 6) is -0.409.